The van der Waals surface area contributed by atoms with E-state index < -0.39 is 19.0 Å². The molecule has 1 atom stereocenters. The number of nitrogens with two attached hydrogens (primary N) is 1. The van der Waals surface area contributed by atoms with Gasteiger partial charge in [-0.25, -0.2) is 0 Å². The predicted molar refractivity (Wildman–Crippen MR) is 53.1 cm³/mol. The van der Waals surface area contributed by atoms with Crippen LogP contribution in [0.15, 0.2) is 28.7 Å². The molecule has 0 saturated heterocycles. The van der Waals surface area contributed by atoms with E-state index in [0.29, 0.717) is 10.0 Å². The van der Waals surface area contributed by atoms with Gasteiger partial charge in [0.05, 0.1) is 12.6 Å². The Morgan fingerprint density at radius 3 is 2.47 bits per heavy atom. The van der Waals surface area contributed by atoms with Crippen LogP contribution in [-0.2, 0) is 4.74 Å². The van der Waals surface area contributed by atoms with Crippen LogP contribution >= 0.6 is 15.9 Å². The second kappa shape index (κ2) is 4.96. The average Bonchev–Trinajstić information content (AvgIpc) is 2.14. The van der Waals surface area contributed by atoms with Gasteiger partial charge in [0, 0.05) is 4.47 Å². The van der Waals surface area contributed by atoms with Crippen LogP contribution in [0.1, 0.15) is 11.6 Å². The molecule has 0 heterocycles. The van der Waals surface area contributed by atoms with E-state index in [1.165, 1.54) is 0 Å². The van der Waals surface area contributed by atoms with Crippen LogP contribution in [0.25, 0.3) is 0 Å². The minimum Gasteiger partial charge on any atom is -0.322 e. The second-order valence-corrected chi connectivity index (χ2v) is 3.74. The highest BCUT2D eigenvalue weighted by Gasteiger charge is 2.30. The van der Waals surface area contributed by atoms with Crippen LogP contribution in [0.3, 0.4) is 0 Å². The first kappa shape index (κ1) is 12.5. The lowest BCUT2D eigenvalue weighted by atomic mass is 10.1. The van der Waals surface area contributed by atoms with Crippen molar-refractivity contribution in [1.82, 2.24) is 0 Å². The zero-order valence-corrected chi connectivity index (χ0v) is 9.18. The van der Waals surface area contributed by atoms with E-state index in [4.69, 9.17) is 5.73 Å². The summed E-state index contributed by atoms with van der Waals surface area (Å²) in [7, 11) is 0. The van der Waals surface area contributed by atoms with Crippen molar-refractivity contribution in [3.8, 4) is 0 Å². The first-order valence-corrected chi connectivity index (χ1v) is 4.90. The van der Waals surface area contributed by atoms with Crippen LogP contribution in [0, 0.1) is 0 Å². The maximum atomic E-state index is 11.7. The first-order chi connectivity index (χ1) is 6.90. The lowest BCUT2D eigenvalue weighted by Gasteiger charge is -2.15. The van der Waals surface area contributed by atoms with Crippen LogP contribution in [0.2, 0.25) is 0 Å². The number of hydrogen-bond donors (Lipinski definition) is 1. The lowest BCUT2D eigenvalue weighted by Crippen LogP contribution is -2.23. The van der Waals surface area contributed by atoms with E-state index in [0.717, 1.165) is 0 Å². The normalized spacial score (nSPS) is 13.9. The molecule has 0 radical (unpaired) electrons. The van der Waals surface area contributed by atoms with Crippen molar-refractivity contribution in [1.29, 1.82) is 0 Å². The van der Waals surface area contributed by atoms with Crippen molar-refractivity contribution in [2.24, 2.45) is 5.73 Å². The maximum Gasteiger partial charge on any atom is 0.522 e. The molecule has 84 valence electrons. The Kier molecular flexibility index (Phi) is 4.12. The van der Waals surface area contributed by atoms with E-state index in [1.807, 2.05) is 0 Å². The number of rotatable bonds is 3. The van der Waals surface area contributed by atoms with Gasteiger partial charge in [0.1, 0.15) is 0 Å². The summed E-state index contributed by atoms with van der Waals surface area (Å²) in [5, 5.41) is 0. The van der Waals surface area contributed by atoms with Crippen LogP contribution in [0.4, 0.5) is 13.2 Å². The van der Waals surface area contributed by atoms with Gasteiger partial charge in [-0.15, -0.1) is 13.2 Å². The van der Waals surface area contributed by atoms with Gasteiger partial charge in [-0.05, 0) is 11.6 Å². The maximum absolute atomic E-state index is 11.7. The summed E-state index contributed by atoms with van der Waals surface area (Å²) in [6, 6.07) is 6.01. The quantitative estimate of drug-likeness (QED) is 0.926. The topological polar surface area (TPSA) is 35.2 Å². The third kappa shape index (κ3) is 4.19. The van der Waals surface area contributed by atoms with Gasteiger partial charge >= 0.3 is 6.36 Å². The van der Waals surface area contributed by atoms with E-state index in [-0.39, 0.29) is 0 Å². The molecular weight excluding hydrogens is 275 g/mol. The Morgan fingerprint density at radius 1 is 1.33 bits per heavy atom. The Bertz CT molecular complexity index is 329. The van der Waals surface area contributed by atoms with Crippen molar-refractivity contribution < 1.29 is 17.9 Å². The fourth-order valence-corrected chi connectivity index (χ4v) is 1.63. The van der Waals surface area contributed by atoms with Crippen LogP contribution in [0.5, 0.6) is 0 Å². The smallest absolute Gasteiger partial charge is 0.322 e. The molecule has 6 heteroatoms. The molecule has 0 fully saturated rings. The number of halogens is 4. The number of ether oxygens (including phenoxy) is 1. The van der Waals surface area contributed by atoms with E-state index in [2.05, 4.69) is 20.7 Å². The van der Waals surface area contributed by atoms with Gasteiger partial charge < -0.3 is 5.73 Å². The summed E-state index contributed by atoms with van der Waals surface area (Å²) >= 11 is 3.20. The van der Waals surface area contributed by atoms with E-state index in [9.17, 15) is 13.2 Å². The summed E-state index contributed by atoms with van der Waals surface area (Å²) in [6.07, 6.45) is -4.64. The Balaban J connectivity index is 2.62. The van der Waals surface area contributed by atoms with Crippen LogP contribution < -0.4 is 5.73 Å². The van der Waals surface area contributed by atoms with Gasteiger partial charge in [0.2, 0.25) is 0 Å². The standard InChI is InChI=1S/C9H9BrF3NO/c10-7-4-2-1-3-6(7)8(14)5-15-9(11,12)13/h1-4,8H,5,14H2. The van der Waals surface area contributed by atoms with Crippen molar-refractivity contribution in [2.45, 2.75) is 12.4 Å². The zero-order chi connectivity index (χ0) is 11.5. The summed E-state index contributed by atoms with van der Waals surface area (Å²) < 4.78 is 39.6. The fourth-order valence-electron chi connectivity index (χ4n) is 1.05. The Labute approximate surface area is 93.3 Å². The SMILES string of the molecule is NC(COC(F)(F)F)c1ccccc1Br. The highest BCUT2D eigenvalue weighted by atomic mass is 79.9. The first-order valence-electron chi connectivity index (χ1n) is 4.11. The second-order valence-electron chi connectivity index (χ2n) is 2.88. The summed E-state index contributed by atoms with van der Waals surface area (Å²) in [5.41, 5.74) is 6.13. The van der Waals surface area contributed by atoms with Crippen molar-refractivity contribution in [3.63, 3.8) is 0 Å². The van der Waals surface area contributed by atoms with Gasteiger partial charge in [0.15, 0.2) is 0 Å². The van der Waals surface area contributed by atoms with E-state index in [1.54, 1.807) is 24.3 Å². The number of benzene rings is 1. The zero-order valence-electron chi connectivity index (χ0n) is 7.59. The summed E-state index contributed by atoms with van der Waals surface area (Å²) in [5.74, 6) is 0. The minimum atomic E-state index is -4.64. The number of hydrogen-bond acceptors (Lipinski definition) is 2. The molecule has 0 amide bonds. The minimum absolute atomic E-state index is 0.585. The number of alkyl halides is 3. The average molecular weight is 284 g/mol. The Hall–Kier alpha value is -0.590. The van der Waals surface area contributed by atoms with Gasteiger partial charge in [0.25, 0.3) is 0 Å². The highest BCUT2D eigenvalue weighted by Crippen LogP contribution is 2.24. The summed E-state index contributed by atoms with van der Waals surface area (Å²) in [4.78, 5) is 0. The third-order valence-electron chi connectivity index (χ3n) is 1.73. The molecule has 2 N–H and O–H groups in total. The predicted octanol–water partition coefficient (Wildman–Crippen LogP) is 2.99. The fraction of sp³-hybridized carbons (Fsp3) is 0.333. The molecule has 0 spiro atoms. The molecule has 1 aromatic carbocycles. The molecule has 0 bridgehead atoms. The summed E-state index contributed by atoms with van der Waals surface area (Å²) in [6.45, 7) is -0.591. The molecule has 0 aromatic heterocycles. The van der Waals surface area contributed by atoms with Gasteiger partial charge in [-0.1, -0.05) is 34.1 Å². The van der Waals surface area contributed by atoms with Crippen molar-refractivity contribution in [3.05, 3.63) is 34.3 Å². The molecule has 1 unspecified atom stereocenters. The Morgan fingerprint density at radius 2 is 1.93 bits per heavy atom. The highest BCUT2D eigenvalue weighted by molar-refractivity contribution is 9.10. The van der Waals surface area contributed by atoms with Crippen LogP contribution in [-0.4, -0.2) is 13.0 Å². The molecule has 15 heavy (non-hydrogen) atoms. The van der Waals surface area contributed by atoms with E-state index >= 15 is 0 Å². The molecule has 0 saturated carbocycles. The van der Waals surface area contributed by atoms with Crippen molar-refractivity contribution in [2.75, 3.05) is 6.61 Å². The monoisotopic (exact) mass is 283 g/mol. The molecule has 0 aliphatic carbocycles. The van der Waals surface area contributed by atoms with Crippen molar-refractivity contribution >= 4 is 15.9 Å². The largest absolute Gasteiger partial charge is 0.522 e. The molecule has 0 aliphatic heterocycles. The molecular formula is C9H9BrF3NO. The molecule has 1 aromatic rings. The molecule has 1 rings (SSSR count). The van der Waals surface area contributed by atoms with Gasteiger partial charge in [-0.3, -0.25) is 4.74 Å². The molecule has 0 aliphatic rings. The lowest BCUT2D eigenvalue weighted by molar-refractivity contribution is -0.326. The third-order valence-corrected chi connectivity index (χ3v) is 2.45. The molecule has 2 nitrogen and oxygen atoms in total. The van der Waals surface area contributed by atoms with Gasteiger partial charge in [-0.2, -0.15) is 0 Å².